The van der Waals surface area contributed by atoms with Gasteiger partial charge in [-0.15, -0.1) is 0 Å². The summed E-state index contributed by atoms with van der Waals surface area (Å²) in [5.74, 6) is -0.238. The summed E-state index contributed by atoms with van der Waals surface area (Å²) in [7, 11) is 1.23. The maximum absolute atomic E-state index is 12.4. The first kappa shape index (κ1) is 49.7. The van der Waals surface area contributed by atoms with Crippen molar-refractivity contribution in [3.05, 3.63) is 36.5 Å². The standard InChI is InChI=1S/C42H81N2O6P/c1-6-8-10-11-12-13-14-15-16-17-18-19-20-21-22-23-24-25-26-27-28-29-30-31-32-34-35-41(45)40(43-42(46)36-33-9-7-2)39-50-51(47,48)49-38-37-44(3,4)5/h25-26,29-30,34-35,40-41,45H,6-24,27-28,31-33,36-39H2,1-5H3,(H-,43,46,47,48)/b26-25+,30-29+,35-34+. The van der Waals surface area contributed by atoms with Crippen LogP contribution in [0.15, 0.2) is 36.5 Å². The third-order valence-electron chi connectivity index (χ3n) is 9.08. The van der Waals surface area contributed by atoms with E-state index in [-0.39, 0.29) is 12.5 Å². The molecular formula is C42H81N2O6P. The highest BCUT2D eigenvalue weighted by Gasteiger charge is 2.23. The van der Waals surface area contributed by atoms with Crippen molar-refractivity contribution in [3.8, 4) is 0 Å². The van der Waals surface area contributed by atoms with Gasteiger partial charge in [-0.05, 0) is 44.9 Å². The third kappa shape index (κ3) is 36.9. The summed E-state index contributed by atoms with van der Waals surface area (Å²) in [4.78, 5) is 24.7. The van der Waals surface area contributed by atoms with E-state index >= 15 is 0 Å². The zero-order valence-corrected chi connectivity index (χ0v) is 34.7. The molecule has 0 aliphatic rings. The van der Waals surface area contributed by atoms with Crippen LogP contribution in [0.25, 0.3) is 0 Å². The number of amides is 1. The number of carbonyl (C=O) groups excluding carboxylic acids is 1. The number of aliphatic hydroxyl groups excluding tert-OH is 1. The molecule has 1 amide bonds. The maximum atomic E-state index is 12.4. The lowest BCUT2D eigenvalue weighted by Gasteiger charge is -2.29. The Hall–Kier alpha value is -1.28. The number of phosphoric ester groups is 1. The summed E-state index contributed by atoms with van der Waals surface area (Å²) >= 11 is 0. The Bertz CT molecular complexity index is 933. The average Bonchev–Trinajstić information content (AvgIpc) is 3.07. The van der Waals surface area contributed by atoms with Gasteiger partial charge >= 0.3 is 0 Å². The first-order valence-corrected chi connectivity index (χ1v) is 22.3. The number of nitrogens with zero attached hydrogens (tertiary/aromatic N) is 1. The first-order chi connectivity index (χ1) is 24.5. The van der Waals surface area contributed by atoms with Crippen molar-refractivity contribution in [1.29, 1.82) is 0 Å². The van der Waals surface area contributed by atoms with Crippen LogP contribution in [0, 0.1) is 0 Å². The second kappa shape index (κ2) is 34.5. The summed E-state index contributed by atoms with van der Waals surface area (Å²) in [6, 6.07) is -0.902. The topological polar surface area (TPSA) is 108 Å². The summed E-state index contributed by atoms with van der Waals surface area (Å²) in [5.41, 5.74) is 0. The van der Waals surface area contributed by atoms with Gasteiger partial charge in [0.15, 0.2) is 0 Å². The van der Waals surface area contributed by atoms with Crippen LogP contribution in [0.3, 0.4) is 0 Å². The molecule has 0 aromatic carbocycles. The molecule has 3 atom stereocenters. The number of quaternary nitrogens is 1. The van der Waals surface area contributed by atoms with Crippen LogP contribution in [-0.4, -0.2) is 68.5 Å². The Labute approximate surface area is 315 Å². The second-order valence-corrected chi connectivity index (χ2v) is 16.7. The van der Waals surface area contributed by atoms with E-state index in [1.165, 1.54) is 109 Å². The average molecular weight is 741 g/mol. The summed E-state index contributed by atoms with van der Waals surface area (Å²) in [6.07, 6.45) is 41.6. The minimum atomic E-state index is -4.57. The van der Waals surface area contributed by atoms with Crippen LogP contribution < -0.4 is 10.2 Å². The number of carbonyl (C=O) groups is 1. The summed E-state index contributed by atoms with van der Waals surface area (Å²) < 4.78 is 22.9. The van der Waals surface area contributed by atoms with Gasteiger partial charge in [0.2, 0.25) is 5.91 Å². The Balaban J connectivity index is 4.09. The van der Waals surface area contributed by atoms with Crippen LogP contribution in [0.4, 0.5) is 0 Å². The highest BCUT2D eigenvalue weighted by Crippen LogP contribution is 2.38. The van der Waals surface area contributed by atoms with Crippen molar-refractivity contribution < 1.29 is 32.9 Å². The Morgan fingerprint density at radius 1 is 0.667 bits per heavy atom. The van der Waals surface area contributed by atoms with E-state index in [1.807, 2.05) is 27.2 Å². The number of unbranched alkanes of at least 4 members (excludes halogenated alkanes) is 20. The molecule has 0 aliphatic carbocycles. The van der Waals surface area contributed by atoms with Crippen molar-refractivity contribution in [2.75, 3.05) is 40.9 Å². The molecule has 8 nitrogen and oxygen atoms in total. The van der Waals surface area contributed by atoms with Crippen LogP contribution in [-0.2, 0) is 18.4 Å². The van der Waals surface area contributed by atoms with Crippen LogP contribution in [0.2, 0.25) is 0 Å². The van der Waals surface area contributed by atoms with Gasteiger partial charge in [0.1, 0.15) is 13.2 Å². The molecule has 0 radical (unpaired) electrons. The van der Waals surface area contributed by atoms with E-state index in [9.17, 15) is 19.4 Å². The molecule has 51 heavy (non-hydrogen) atoms. The molecular weight excluding hydrogens is 659 g/mol. The molecule has 300 valence electrons. The number of rotatable bonds is 37. The molecule has 9 heteroatoms. The lowest BCUT2D eigenvalue weighted by molar-refractivity contribution is -0.870. The lowest BCUT2D eigenvalue weighted by atomic mass is 10.0. The number of allylic oxidation sites excluding steroid dienone is 5. The predicted molar refractivity (Wildman–Crippen MR) is 215 cm³/mol. The lowest BCUT2D eigenvalue weighted by Crippen LogP contribution is -2.45. The fourth-order valence-corrected chi connectivity index (χ4v) is 6.43. The predicted octanol–water partition coefficient (Wildman–Crippen LogP) is 10.5. The van der Waals surface area contributed by atoms with Crippen LogP contribution >= 0.6 is 7.82 Å². The molecule has 0 aliphatic heterocycles. The van der Waals surface area contributed by atoms with Gasteiger partial charge in [-0.3, -0.25) is 9.36 Å². The van der Waals surface area contributed by atoms with Gasteiger partial charge in [-0.2, -0.15) is 0 Å². The maximum Gasteiger partial charge on any atom is 0.268 e. The minimum absolute atomic E-state index is 0.00975. The monoisotopic (exact) mass is 741 g/mol. The fraction of sp³-hybridized carbons (Fsp3) is 0.833. The molecule has 0 aromatic rings. The van der Waals surface area contributed by atoms with Gasteiger partial charge in [-0.1, -0.05) is 159 Å². The quantitative estimate of drug-likeness (QED) is 0.0284. The highest BCUT2D eigenvalue weighted by atomic mass is 31.2. The van der Waals surface area contributed by atoms with Crippen LogP contribution in [0.1, 0.15) is 174 Å². The van der Waals surface area contributed by atoms with E-state index in [0.717, 1.165) is 44.9 Å². The summed E-state index contributed by atoms with van der Waals surface area (Å²) in [5, 5.41) is 13.5. The molecule has 0 aromatic heterocycles. The van der Waals surface area contributed by atoms with E-state index in [4.69, 9.17) is 9.05 Å². The number of likely N-dealkylation sites (N-methyl/N-ethyl adjacent to an activating group) is 1. The Morgan fingerprint density at radius 3 is 1.59 bits per heavy atom. The van der Waals surface area contributed by atoms with Crippen molar-refractivity contribution in [3.63, 3.8) is 0 Å². The first-order valence-electron chi connectivity index (χ1n) is 20.9. The van der Waals surface area contributed by atoms with Gasteiger partial charge < -0.3 is 28.8 Å². The number of hydrogen-bond acceptors (Lipinski definition) is 6. The van der Waals surface area contributed by atoms with Gasteiger partial charge in [0.05, 0.1) is 39.9 Å². The molecule has 3 unspecified atom stereocenters. The van der Waals surface area contributed by atoms with E-state index in [1.54, 1.807) is 6.08 Å². The molecule has 0 rings (SSSR count). The van der Waals surface area contributed by atoms with E-state index < -0.39 is 26.6 Å². The zero-order valence-electron chi connectivity index (χ0n) is 33.8. The molecule has 0 saturated carbocycles. The number of phosphoric acid groups is 1. The van der Waals surface area contributed by atoms with Gasteiger partial charge in [0.25, 0.3) is 7.82 Å². The van der Waals surface area contributed by atoms with Crippen molar-refractivity contribution >= 4 is 13.7 Å². The van der Waals surface area contributed by atoms with Crippen LogP contribution in [0.5, 0.6) is 0 Å². The fourth-order valence-electron chi connectivity index (χ4n) is 5.71. The minimum Gasteiger partial charge on any atom is -0.756 e. The highest BCUT2D eigenvalue weighted by molar-refractivity contribution is 7.45. The SMILES string of the molecule is CCCCCCCCCCCCCCCCCC/C=C/CC/C=C/CC/C=C/C(O)C(COP(=O)([O-])OCC[N+](C)(C)C)NC(=O)CCCCC. The zero-order chi connectivity index (χ0) is 37.9. The van der Waals surface area contributed by atoms with E-state index in [0.29, 0.717) is 17.4 Å². The molecule has 0 spiro atoms. The molecule has 2 N–H and O–H groups in total. The largest absolute Gasteiger partial charge is 0.756 e. The van der Waals surface area contributed by atoms with E-state index in [2.05, 4.69) is 43.5 Å². The molecule has 0 saturated heterocycles. The van der Waals surface area contributed by atoms with Crippen molar-refractivity contribution in [1.82, 2.24) is 5.32 Å². The Kier molecular flexibility index (Phi) is 33.6. The smallest absolute Gasteiger partial charge is 0.268 e. The number of aliphatic hydroxyl groups is 1. The van der Waals surface area contributed by atoms with Crippen molar-refractivity contribution in [2.45, 2.75) is 187 Å². The van der Waals surface area contributed by atoms with Gasteiger partial charge in [-0.25, -0.2) is 0 Å². The summed E-state index contributed by atoms with van der Waals surface area (Å²) in [6.45, 7) is 4.42. The number of nitrogens with one attached hydrogen (secondary N) is 1. The number of hydrogen-bond donors (Lipinski definition) is 2. The third-order valence-corrected chi connectivity index (χ3v) is 10.0. The Morgan fingerprint density at radius 2 is 1.10 bits per heavy atom. The van der Waals surface area contributed by atoms with Gasteiger partial charge in [0, 0.05) is 6.42 Å². The van der Waals surface area contributed by atoms with Crippen molar-refractivity contribution in [2.24, 2.45) is 0 Å². The molecule has 0 fully saturated rings. The molecule has 0 heterocycles. The molecule has 0 bridgehead atoms. The second-order valence-electron chi connectivity index (χ2n) is 15.3. The normalized spacial score (nSPS) is 14.9.